The average molecular weight is 354 g/mol. The number of methoxy groups -OCH3 is 2. The molecule has 140 valence electrons. The zero-order valence-corrected chi connectivity index (χ0v) is 15.8. The van der Waals surface area contributed by atoms with Gasteiger partial charge in [-0.1, -0.05) is 37.1 Å². The summed E-state index contributed by atoms with van der Waals surface area (Å²) in [5, 5.41) is 7.51. The molecular formula is C22H30N2O2. The van der Waals surface area contributed by atoms with Crippen LogP contribution in [0, 0.1) is 0 Å². The minimum atomic E-state index is 0.518. The van der Waals surface area contributed by atoms with Crippen LogP contribution < -0.4 is 20.1 Å². The fourth-order valence-electron chi connectivity index (χ4n) is 3.60. The Hall–Kier alpha value is -2.04. The van der Waals surface area contributed by atoms with Crippen LogP contribution in [0.4, 0.5) is 0 Å². The van der Waals surface area contributed by atoms with Crippen molar-refractivity contribution in [3.8, 4) is 11.5 Å². The molecule has 2 atom stereocenters. The molecule has 1 fully saturated rings. The van der Waals surface area contributed by atoms with Crippen molar-refractivity contribution in [1.29, 1.82) is 0 Å². The largest absolute Gasteiger partial charge is 0.497 e. The quantitative estimate of drug-likeness (QED) is 0.755. The second kappa shape index (κ2) is 9.60. The van der Waals surface area contributed by atoms with Crippen LogP contribution in [-0.4, -0.2) is 26.3 Å². The molecule has 2 aromatic rings. The number of hydrogen-bond acceptors (Lipinski definition) is 4. The summed E-state index contributed by atoms with van der Waals surface area (Å²) in [7, 11) is 3.41. The molecular weight excluding hydrogens is 324 g/mol. The molecule has 0 heterocycles. The van der Waals surface area contributed by atoms with Crippen molar-refractivity contribution >= 4 is 0 Å². The van der Waals surface area contributed by atoms with Gasteiger partial charge < -0.3 is 20.1 Å². The highest BCUT2D eigenvalue weighted by Crippen LogP contribution is 2.20. The molecule has 0 amide bonds. The summed E-state index contributed by atoms with van der Waals surface area (Å²) in [4.78, 5) is 0. The Labute approximate surface area is 156 Å². The first kappa shape index (κ1) is 18.7. The minimum absolute atomic E-state index is 0.518. The molecule has 4 nitrogen and oxygen atoms in total. The molecule has 1 aliphatic rings. The molecule has 0 aliphatic heterocycles. The van der Waals surface area contributed by atoms with Gasteiger partial charge in [0.1, 0.15) is 11.5 Å². The Kier molecular flexibility index (Phi) is 6.92. The van der Waals surface area contributed by atoms with Gasteiger partial charge >= 0.3 is 0 Å². The SMILES string of the molecule is COc1ccc(CN[C@@H]2CCCC[C@H]2NCc2ccc(OC)cc2)cc1. The normalized spacial score (nSPS) is 19.9. The molecule has 0 unspecified atom stereocenters. The molecule has 0 bridgehead atoms. The van der Waals surface area contributed by atoms with E-state index >= 15 is 0 Å². The zero-order valence-electron chi connectivity index (χ0n) is 15.8. The van der Waals surface area contributed by atoms with E-state index in [-0.39, 0.29) is 0 Å². The average Bonchev–Trinajstić information content (AvgIpc) is 2.72. The lowest BCUT2D eigenvalue weighted by molar-refractivity contribution is 0.281. The molecule has 2 N–H and O–H groups in total. The number of benzene rings is 2. The van der Waals surface area contributed by atoms with Gasteiger partial charge in [0.05, 0.1) is 14.2 Å². The Morgan fingerprint density at radius 1 is 0.692 bits per heavy atom. The van der Waals surface area contributed by atoms with Crippen LogP contribution in [0.2, 0.25) is 0 Å². The lowest BCUT2D eigenvalue weighted by atomic mass is 9.90. The summed E-state index contributed by atoms with van der Waals surface area (Å²) in [6.07, 6.45) is 5.08. The van der Waals surface area contributed by atoms with E-state index < -0.39 is 0 Å². The van der Waals surface area contributed by atoms with Gasteiger partial charge in [-0.3, -0.25) is 0 Å². The fraction of sp³-hybridized carbons (Fsp3) is 0.455. The first-order valence-electron chi connectivity index (χ1n) is 9.51. The van der Waals surface area contributed by atoms with Crippen LogP contribution in [0.15, 0.2) is 48.5 Å². The first-order valence-corrected chi connectivity index (χ1v) is 9.51. The van der Waals surface area contributed by atoms with Gasteiger partial charge in [0, 0.05) is 25.2 Å². The standard InChI is InChI=1S/C22H30N2O2/c1-25-19-11-7-17(8-12-19)15-23-21-5-3-4-6-22(21)24-16-18-9-13-20(26-2)14-10-18/h7-14,21-24H,3-6,15-16H2,1-2H3/t21-,22-/m1/s1. The highest BCUT2D eigenvalue weighted by atomic mass is 16.5. The van der Waals surface area contributed by atoms with E-state index in [0.717, 1.165) is 24.6 Å². The number of ether oxygens (including phenoxy) is 2. The second-order valence-electron chi connectivity index (χ2n) is 6.96. The van der Waals surface area contributed by atoms with Gasteiger partial charge in [-0.25, -0.2) is 0 Å². The Morgan fingerprint density at radius 3 is 1.42 bits per heavy atom. The molecule has 1 aliphatic carbocycles. The van der Waals surface area contributed by atoms with E-state index in [1.807, 2.05) is 24.3 Å². The van der Waals surface area contributed by atoms with Crippen molar-refractivity contribution in [3.05, 3.63) is 59.7 Å². The third-order valence-corrected chi connectivity index (χ3v) is 5.22. The van der Waals surface area contributed by atoms with Gasteiger partial charge in [0.25, 0.3) is 0 Å². The smallest absolute Gasteiger partial charge is 0.118 e. The molecule has 0 saturated heterocycles. The predicted octanol–water partition coefficient (Wildman–Crippen LogP) is 3.89. The van der Waals surface area contributed by atoms with Crippen molar-refractivity contribution in [2.24, 2.45) is 0 Å². The molecule has 1 saturated carbocycles. The number of hydrogen-bond donors (Lipinski definition) is 2. The minimum Gasteiger partial charge on any atom is -0.497 e. The Balaban J connectivity index is 1.51. The van der Waals surface area contributed by atoms with Gasteiger partial charge in [-0.2, -0.15) is 0 Å². The number of nitrogens with one attached hydrogen (secondary N) is 2. The van der Waals surface area contributed by atoms with E-state index in [0.29, 0.717) is 12.1 Å². The van der Waals surface area contributed by atoms with Crippen LogP contribution in [-0.2, 0) is 13.1 Å². The van der Waals surface area contributed by atoms with E-state index in [9.17, 15) is 0 Å². The van der Waals surface area contributed by atoms with E-state index in [1.165, 1.54) is 36.8 Å². The van der Waals surface area contributed by atoms with Gasteiger partial charge in [0.15, 0.2) is 0 Å². The van der Waals surface area contributed by atoms with E-state index in [4.69, 9.17) is 9.47 Å². The highest BCUT2D eigenvalue weighted by Gasteiger charge is 2.24. The molecule has 26 heavy (non-hydrogen) atoms. The fourth-order valence-corrected chi connectivity index (χ4v) is 3.60. The van der Waals surface area contributed by atoms with Crippen LogP contribution in [0.3, 0.4) is 0 Å². The van der Waals surface area contributed by atoms with Crippen molar-refractivity contribution in [2.75, 3.05) is 14.2 Å². The maximum atomic E-state index is 5.23. The molecule has 4 heteroatoms. The Morgan fingerprint density at radius 2 is 1.08 bits per heavy atom. The molecule has 3 rings (SSSR count). The van der Waals surface area contributed by atoms with Gasteiger partial charge in [-0.15, -0.1) is 0 Å². The molecule has 2 aromatic carbocycles. The monoisotopic (exact) mass is 354 g/mol. The van der Waals surface area contributed by atoms with E-state index in [2.05, 4.69) is 34.9 Å². The topological polar surface area (TPSA) is 42.5 Å². The van der Waals surface area contributed by atoms with Gasteiger partial charge in [-0.05, 0) is 48.2 Å². The van der Waals surface area contributed by atoms with Crippen LogP contribution >= 0.6 is 0 Å². The molecule has 0 aromatic heterocycles. The van der Waals surface area contributed by atoms with Gasteiger partial charge in [0.2, 0.25) is 0 Å². The highest BCUT2D eigenvalue weighted by molar-refractivity contribution is 5.28. The zero-order chi connectivity index (χ0) is 18.2. The van der Waals surface area contributed by atoms with Crippen LogP contribution in [0.1, 0.15) is 36.8 Å². The van der Waals surface area contributed by atoms with Crippen molar-refractivity contribution in [2.45, 2.75) is 50.9 Å². The molecule has 0 spiro atoms. The third kappa shape index (κ3) is 5.23. The summed E-state index contributed by atoms with van der Waals surface area (Å²) in [6, 6.07) is 17.7. The summed E-state index contributed by atoms with van der Waals surface area (Å²) >= 11 is 0. The maximum absolute atomic E-state index is 5.23. The summed E-state index contributed by atoms with van der Waals surface area (Å²) < 4.78 is 10.5. The van der Waals surface area contributed by atoms with Crippen LogP contribution in [0.5, 0.6) is 11.5 Å². The van der Waals surface area contributed by atoms with E-state index in [1.54, 1.807) is 14.2 Å². The maximum Gasteiger partial charge on any atom is 0.118 e. The van der Waals surface area contributed by atoms with Crippen molar-refractivity contribution in [3.63, 3.8) is 0 Å². The molecule has 0 radical (unpaired) electrons. The van der Waals surface area contributed by atoms with Crippen molar-refractivity contribution in [1.82, 2.24) is 10.6 Å². The summed E-state index contributed by atoms with van der Waals surface area (Å²) in [5.74, 6) is 1.82. The summed E-state index contributed by atoms with van der Waals surface area (Å²) in [5.41, 5.74) is 2.59. The second-order valence-corrected chi connectivity index (χ2v) is 6.96. The van der Waals surface area contributed by atoms with Crippen LogP contribution in [0.25, 0.3) is 0 Å². The predicted molar refractivity (Wildman–Crippen MR) is 106 cm³/mol. The first-order chi connectivity index (χ1) is 12.8. The van der Waals surface area contributed by atoms with Crippen molar-refractivity contribution < 1.29 is 9.47 Å². The summed E-state index contributed by atoms with van der Waals surface area (Å²) in [6.45, 7) is 1.80. The lowest BCUT2D eigenvalue weighted by Gasteiger charge is -2.33. The third-order valence-electron chi connectivity index (χ3n) is 5.22. The Bertz CT molecular complexity index is 595. The number of rotatable bonds is 8. The lowest BCUT2D eigenvalue weighted by Crippen LogP contribution is -2.49.